The molecule has 1 unspecified atom stereocenters. The third-order valence-electron chi connectivity index (χ3n) is 3.43. The number of para-hydroxylation sites is 1. The molecule has 1 atom stereocenters. The molecule has 0 saturated heterocycles. The molecule has 0 saturated carbocycles. The fourth-order valence-corrected chi connectivity index (χ4v) is 2.18. The van der Waals surface area contributed by atoms with Gasteiger partial charge in [0.15, 0.2) is 6.61 Å². The van der Waals surface area contributed by atoms with Gasteiger partial charge in [-0.05, 0) is 31.5 Å². The molecular weight excluding hydrogens is 304 g/mol. The molecule has 0 fully saturated rings. The van der Waals surface area contributed by atoms with E-state index in [9.17, 15) is 9.59 Å². The van der Waals surface area contributed by atoms with Crippen molar-refractivity contribution in [2.45, 2.75) is 26.4 Å². The molecule has 0 bridgehead atoms. The highest BCUT2D eigenvalue weighted by molar-refractivity contribution is 5.87. The van der Waals surface area contributed by atoms with E-state index in [1.807, 2.05) is 49.4 Å². The fourth-order valence-electron chi connectivity index (χ4n) is 2.18. The number of ether oxygens (including phenoxy) is 1. The van der Waals surface area contributed by atoms with Gasteiger partial charge >= 0.3 is 0 Å². The summed E-state index contributed by atoms with van der Waals surface area (Å²) >= 11 is 0. The van der Waals surface area contributed by atoms with Crippen LogP contribution in [0.4, 0.5) is 0 Å². The van der Waals surface area contributed by atoms with E-state index in [-0.39, 0.29) is 18.4 Å². The fraction of sp³-hybridized carbons (Fsp3) is 0.263. The number of carbonyl (C=O) groups excluding carboxylic acids is 2. The molecule has 126 valence electrons. The Balaban J connectivity index is 1.73. The SMILES string of the molecule is Cc1cccc(CNC(=O)C(C)NC(=O)COc2ccccc2)c1. The maximum Gasteiger partial charge on any atom is 0.258 e. The Labute approximate surface area is 142 Å². The lowest BCUT2D eigenvalue weighted by atomic mass is 10.1. The number of nitrogens with one attached hydrogen (secondary N) is 2. The second-order valence-corrected chi connectivity index (χ2v) is 5.60. The lowest BCUT2D eigenvalue weighted by Gasteiger charge is -2.14. The molecule has 0 aromatic heterocycles. The van der Waals surface area contributed by atoms with Gasteiger partial charge in [0.1, 0.15) is 11.8 Å². The van der Waals surface area contributed by atoms with Gasteiger partial charge in [0.2, 0.25) is 5.91 Å². The first-order chi connectivity index (χ1) is 11.5. The maximum atomic E-state index is 12.0. The normalized spacial score (nSPS) is 11.4. The number of rotatable bonds is 7. The van der Waals surface area contributed by atoms with Gasteiger partial charge < -0.3 is 15.4 Å². The Morgan fingerprint density at radius 3 is 2.54 bits per heavy atom. The molecule has 0 aliphatic rings. The standard InChI is InChI=1S/C19H22N2O3/c1-14-7-6-8-16(11-14)12-20-19(23)15(2)21-18(22)13-24-17-9-4-3-5-10-17/h3-11,15H,12-13H2,1-2H3,(H,20,23)(H,21,22). The van der Waals surface area contributed by atoms with Crippen LogP contribution >= 0.6 is 0 Å². The Morgan fingerprint density at radius 2 is 1.83 bits per heavy atom. The van der Waals surface area contributed by atoms with Gasteiger partial charge in [-0.2, -0.15) is 0 Å². The number of carbonyl (C=O) groups is 2. The number of benzene rings is 2. The first kappa shape index (κ1) is 17.5. The van der Waals surface area contributed by atoms with Gasteiger partial charge in [-0.25, -0.2) is 0 Å². The van der Waals surface area contributed by atoms with E-state index in [0.29, 0.717) is 12.3 Å². The van der Waals surface area contributed by atoms with E-state index >= 15 is 0 Å². The molecule has 2 aromatic carbocycles. The van der Waals surface area contributed by atoms with Gasteiger partial charge in [-0.3, -0.25) is 9.59 Å². The predicted molar refractivity (Wildman–Crippen MR) is 92.6 cm³/mol. The van der Waals surface area contributed by atoms with E-state index in [1.165, 1.54) is 0 Å². The molecule has 0 aliphatic heterocycles. The van der Waals surface area contributed by atoms with Crippen LogP contribution < -0.4 is 15.4 Å². The molecule has 2 rings (SSSR count). The van der Waals surface area contributed by atoms with Crippen molar-refractivity contribution in [3.05, 3.63) is 65.7 Å². The smallest absolute Gasteiger partial charge is 0.258 e. The number of hydrogen-bond acceptors (Lipinski definition) is 3. The van der Waals surface area contributed by atoms with E-state index in [4.69, 9.17) is 4.74 Å². The van der Waals surface area contributed by atoms with Crippen LogP contribution in [0.2, 0.25) is 0 Å². The molecule has 0 heterocycles. The summed E-state index contributed by atoms with van der Waals surface area (Å²) in [6, 6.07) is 16.3. The minimum absolute atomic E-state index is 0.125. The average Bonchev–Trinajstić information content (AvgIpc) is 2.59. The van der Waals surface area contributed by atoms with Crippen LogP contribution in [-0.4, -0.2) is 24.5 Å². The van der Waals surface area contributed by atoms with Crippen molar-refractivity contribution in [1.29, 1.82) is 0 Å². The third-order valence-corrected chi connectivity index (χ3v) is 3.43. The van der Waals surface area contributed by atoms with Crippen molar-refractivity contribution in [1.82, 2.24) is 10.6 Å². The van der Waals surface area contributed by atoms with Crippen molar-refractivity contribution in [3.8, 4) is 5.75 Å². The molecule has 2 N–H and O–H groups in total. The highest BCUT2D eigenvalue weighted by Crippen LogP contribution is 2.07. The number of amides is 2. The van der Waals surface area contributed by atoms with Crippen molar-refractivity contribution in [3.63, 3.8) is 0 Å². The van der Waals surface area contributed by atoms with E-state index in [0.717, 1.165) is 11.1 Å². The monoisotopic (exact) mass is 326 g/mol. The first-order valence-corrected chi connectivity index (χ1v) is 7.85. The first-order valence-electron chi connectivity index (χ1n) is 7.85. The molecule has 0 radical (unpaired) electrons. The second kappa shape index (κ2) is 8.72. The highest BCUT2D eigenvalue weighted by Gasteiger charge is 2.15. The summed E-state index contributed by atoms with van der Waals surface area (Å²) in [7, 11) is 0. The lowest BCUT2D eigenvalue weighted by Crippen LogP contribution is -2.46. The van der Waals surface area contributed by atoms with Crippen LogP contribution in [0.1, 0.15) is 18.1 Å². The predicted octanol–water partition coefficient (Wildman–Crippen LogP) is 2.19. The summed E-state index contributed by atoms with van der Waals surface area (Å²) in [6.07, 6.45) is 0. The minimum Gasteiger partial charge on any atom is -0.484 e. The maximum absolute atomic E-state index is 12.0. The molecule has 0 aliphatic carbocycles. The zero-order chi connectivity index (χ0) is 17.4. The van der Waals surface area contributed by atoms with Crippen LogP contribution in [0, 0.1) is 6.92 Å². The van der Waals surface area contributed by atoms with Crippen LogP contribution in [-0.2, 0) is 16.1 Å². The van der Waals surface area contributed by atoms with Crippen LogP contribution in [0.5, 0.6) is 5.75 Å². The second-order valence-electron chi connectivity index (χ2n) is 5.60. The van der Waals surface area contributed by atoms with Crippen molar-refractivity contribution < 1.29 is 14.3 Å². The lowest BCUT2D eigenvalue weighted by molar-refractivity contribution is -0.129. The summed E-state index contributed by atoms with van der Waals surface area (Å²) in [5.41, 5.74) is 2.16. The molecular formula is C19H22N2O3. The van der Waals surface area contributed by atoms with Crippen LogP contribution in [0.15, 0.2) is 54.6 Å². The van der Waals surface area contributed by atoms with Crippen LogP contribution in [0.25, 0.3) is 0 Å². The summed E-state index contributed by atoms with van der Waals surface area (Å²) in [5.74, 6) is 0.0471. The summed E-state index contributed by atoms with van der Waals surface area (Å²) < 4.78 is 5.35. The average molecular weight is 326 g/mol. The molecule has 24 heavy (non-hydrogen) atoms. The van der Waals surface area contributed by atoms with Crippen molar-refractivity contribution >= 4 is 11.8 Å². The van der Waals surface area contributed by atoms with Crippen molar-refractivity contribution in [2.75, 3.05) is 6.61 Å². The number of aryl methyl sites for hydroxylation is 1. The van der Waals surface area contributed by atoms with Gasteiger partial charge in [0.05, 0.1) is 0 Å². The van der Waals surface area contributed by atoms with Gasteiger partial charge in [0, 0.05) is 6.54 Å². The third kappa shape index (κ3) is 5.76. The zero-order valence-corrected chi connectivity index (χ0v) is 13.9. The molecule has 2 amide bonds. The van der Waals surface area contributed by atoms with Crippen LogP contribution in [0.3, 0.4) is 0 Å². The Bertz CT molecular complexity index is 686. The Kier molecular flexibility index (Phi) is 6.37. The largest absolute Gasteiger partial charge is 0.484 e. The van der Waals surface area contributed by atoms with E-state index in [1.54, 1.807) is 19.1 Å². The molecule has 2 aromatic rings. The molecule has 5 heteroatoms. The topological polar surface area (TPSA) is 67.4 Å². The minimum atomic E-state index is -0.623. The zero-order valence-electron chi connectivity index (χ0n) is 13.9. The van der Waals surface area contributed by atoms with Crippen molar-refractivity contribution in [2.24, 2.45) is 0 Å². The quantitative estimate of drug-likeness (QED) is 0.819. The van der Waals surface area contributed by atoms with E-state index in [2.05, 4.69) is 10.6 Å². The highest BCUT2D eigenvalue weighted by atomic mass is 16.5. The summed E-state index contributed by atoms with van der Waals surface area (Å²) in [6.45, 7) is 3.95. The summed E-state index contributed by atoms with van der Waals surface area (Å²) in [5, 5.41) is 5.43. The Morgan fingerprint density at radius 1 is 1.08 bits per heavy atom. The molecule has 0 spiro atoms. The van der Waals surface area contributed by atoms with E-state index < -0.39 is 6.04 Å². The number of hydrogen-bond donors (Lipinski definition) is 2. The summed E-state index contributed by atoms with van der Waals surface area (Å²) in [4.78, 5) is 23.9. The Hall–Kier alpha value is -2.82. The van der Waals surface area contributed by atoms with Gasteiger partial charge in [0.25, 0.3) is 5.91 Å². The van der Waals surface area contributed by atoms with Gasteiger partial charge in [-0.15, -0.1) is 0 Å². The van der Waals surface area contributed by atoms with Gasteiger partial charge in [-0.1, -0.05) is 48.0 Å². The molecule has 5 nitrogen and oxygen atoms in total.